The molecular formula is C17H26N2O2. The average molecular weight is 290 g/mol. The molecule has 4 heteroatoms. The molecule has 0 bridgehead atoms. The molecule has 1 fully saturated rings. The van der Waals surface area contributed by atoms with Crippen molar-refractivity contribution in [3.05, 3.63) is 29.8 Å². The summed E-state index contributed by atoms with van der Waals surface area (Å²) >= 11 is 0. The van der Waals surface area contributed by atoms with Gasteiger partial charge in [0.1, 0.15) is 5.75 Å². The number of likely N-dealkylation sites (tertiary alicyclic amines) is 1. The van der Waals surface area contributed by atoms with Gasteiger partial charge in [-0.05, 0) is 44.2 Å². The number of rotatable bonds is 6. The minimum Gasteiger partial charge on any atom is -0.496 e. The van der Waals surface area contributed by atoms with Crippen LogP contribution >= 0.6 is 0 Å². The number of benzene rings is 1. The third kappa shape index (κ3) is 4.21. The highest BCUT2D eigenvalue weighted by atomic mass is 16.5. The highest BCUT2D eigenvalue weighted by Gasteiger charge is 2.29. The summed E-state index contributed by atoms with van der Waals surface area (Å²) in [6.45, 7) is 2.82. The standard InChI is InChI=1S/C17H26N2O2/c1-13(18)9-10-17(20)19-11-5-7-15(19)12-14-6-3-4-8-16(14)21-2/h3-4,6,8,13,15H,5,7,9-12,18H2,1-2H3. The first-order valence-corrected chi connectivity index (χ1v) is 7.78. The highest BCUT2D eigenvalue weighted by Crippen LogP contribution is 2.26. The first-order chi connectivity index (χ1) is 10.1. The summed E-state index contributed by atoms with van der Waals surface area (Å²) in [6, 6.07) is 8.44. The Morgan fingerprint density at radius 1 is 1.48 bits per heavy atom. The van der Waals surface area contributed by atoms with Crippen molar-refractivity contribution in [2.45, 2.75) is 51.1 Å². The number of methoxy groups -OCH3 is 1. The van der Waals surface area contributed by atoms with Crippen LogP contribution in [0, 0.1) is 0 Å². The molecule has 0 spiro atoms. The fraction of sp³-hybridized carbons (Fsp3) is 0.588. The third-order valence-electron chi connectivity index (χ3n) is 4.16. The maximum atomic E-state index is 12.3. The lowest BCUT2D eigenvalue weighted by Gasteiger charge is -2.26. The van der Waals surface area contributed by atoms with Crippen molar-refractivity contribution in [2.24, 2.45) is 5.73 Å². The summed E-state index contributed by atoms with van der Waals surface area (Å²) in [4.78, 5) is 14.4. The summed E-state index contributed by atoms with van der Waals surface area (Å²) in [5, 5.41) is 0. The van der Waals surface area contributed by atoms with Gasteiger partial charge in [-0.1, -0.05) is 18.2 Å². The molecule has 2 atom stereocenters. The molecule has 2 unspecified atom stereocenters. The van der Waals surface area contributed by atoms with Crippen molar-refractivity contribution < 1.29 is 9.53 Å². The molecular weight excluding hydrogens is 264 g/mol. The van der Waals surface area contributed by atoms with Crippen molar-refractivity contribution in [3.8, 4) is 5.75 Å². The molecule has 2 rings (SSSR count). The van der Waals surface area contributed by atoms with Gasteiger partial charge >= 0.3 is 0 Å². The van der Waals surface area contributed by atoms with Crippen molar-refractivity contribution in [2.75, 3.05) is 13.7 Å². The van der Waals surface area contributed by atoms with Crippen LogP contribution in [0.2, 0.25) is 0 Å². The average Bonchev–Trinajstić information content (AvgIpc) is 2.93. The summed E-state index contributed by atoms with van der Waals surface area (Å²) in [5.41, 5.74) is 6.93. The van der Waals surface area contributed by atoms with E-state index in [-0.39, 0.29) is 11.9 Å². The zero-order chi connectivity index (χ0) is 15.2. The lowest BCUT2D eigenvalue weighted by atomic mass is 10.0. The molecule has 1 aromatic carbocycles. The van der Waals surface area contributed by atoms with E-state index in [1.54, 1.807) is 7.11 Å². The maximum absolute atomic E-state index is 12.3. The number of para-hydroxylation sites is 1. The van der Waals surface area contributed by atoms with Crippen LogP contribution in [0.3, 0.4) is 0 Å². The lowest BCUT2D eigenvalue weighted by Crippen LogP contribution is -2.37. The highest BCUT2D eigenvalue weighted by molar-refractivity contribution is 5.76. The van der Waals surface area contributed by atoms with E-state index in [0.717, 1.165) is 38.0 Å². The normalized spacial score (nSPS) is 19.6. The fourth-order valence-electron chi connectivity index (χ4n) is 3.00. The second kappa shape index (κ2) is 7.46. The Kier molecular flexibility index (Phi) is 5.62. The SMILES string of the molecule is COc1ccccc1CC1CCCN1C(=O)CCC(C)N. The van der Waals surface area contributed by atoms with Gasteiger partial charge in [0.25, 0.3) is 0 Å². The molecule has 21 heavy (non-hydrogen) atoms. The second-order valence-electron chi connectivity index (χ2n) is 5.92. The third-order valence-corrected chi connectivity index (χ3v) is 4.16. The topological polar surface area (TPSA) is 55.6 Å². The Labute approximate surface area is 127 Å². The van der Waals surface area contributed by atoms with Crippen LogP contribution in [-0.4, -0.2) is 36.5 Å². The van der Waals surface area contributed by atoms with Gasteiger partial charge in [0.15, 0.2) is 0 Å². The number of ether oxygens (including phenoxy) is 1. The minimum atomic E-state index is 0.0872. The van der Waals surface area contributed by atoms with Crippen LogP contribution < -0.4 is 10.5 Å². The number of carbonyl (C=O) groups is 1. The smallest absolute Gasteiger partial charge is 0.222 e. The predicted octanol–water partition coefficient (Wildman–Crippen LogP) is 2.36. The Hall–Kier alpha value is -1.55. The Balaban J connectivity index is 2.00. The van der Waals surface area contributed by atoms with Gasteiger partial charge in [-0.3, -0.25) is 4.79 Å². The van der Waals surface area contributed by atoms with Gasteiger partial charge in [0.05, 0.1) is 7.11 Å². The largest absolute Gasteiger partial charge is 0.496 e. The molecule has 0 radical (unpaired) electrons. The van der Waals surface area contributed by atoms with Crippen LogP contribution in [-0.2, 0) is 11.2 Å². The van der Waals surface area contributed by atoms with E-state index in [4.69, 9.17) is 10.5 Å². The number of nitrogens with two attached hydrogens (primary N) is 1. The van der Waals surface area contributed by atoms with Crippen LogP contribution in [0.5, 0.6) is 5.75 Å². The Morgan fingerprint density at radius 3 is 2.95 bits per heavy atom. The predicted molar refractivity (Wildman–Crippen MR) is 84.3 cm³/mol. The molecule has 1 amide bonds. The molecule has 1 saturated heterocycles. The van der Waals surface area contributed by atoms with E-state index in [1.807, 2.05) is 30.0 Å². The fourth-order valence-corrected chi connectivity index (χ4v) is 3.00. The number of carbonyl (C=O) groups excluding carboxylic acids is 1. The number of nitrogens with zero attached hydrogens (tertiary/aromatic N) is 1. The zero-order valence-electron chi connectivity index (χ0n) is 13.0. The minimum absolute atomic E-state index is 0.0872. The number of hydrogen-bond acceptors (Lipinski definition) is 3. The maximum Gasteiger partial charge on any atom is 0.222 e. The Bertz CT molecular complexity index is 474. The molecule has 1 aliphatic rings. The molecule has 1 aromatic rings. The molecule has 2 N–H and O–H groups in total. The quantitative estimate of drug-likeness (QED) is 0.875. The van der Waals surface area contributed by atoms with Crippen LogP contribution in [0.15, 0.2) is 24.3 Å². The first-order valence-electron chi connectivity index (χ1n) is 7.78. The number of amides is 1. The lowest BCUT2D eigenvalue weighted by molar-refractivity contribution is -0.132. The summed E-state index contributed by atoms with van der Waals surface area (Å²) in [7, 11) is 1.69. The van der Waals surface area contributed by atoms with Crippen molar-refractivity contribution in [1.29, 1.82) is 0 Å². The van der Waals surface area contributed by atoms with Crippen molar-refractivity contribution in [1.82, 2.24) is 4.90 Å². The van der Waals surface area contributed by atoms with E-state index >= 15 is 0 Å². The van der Waals surface area contributed by atoms with E-state index in [9.17, 15) is 4.79 Å². The molecule has 0 saturated carbocycles. The van der Waals surface area contributed by atoms with E-state index in [1.165, 1.54) is 5.56 Å². The van der Waals surface area contributed by atoms with Gasteiger partial charge < -0.3 is 15.4 Å². The monoisotopic (exact) mass is 290 g/mol. The van der Waals surface area contributed by atoms with Gasteiger partial charge in [0.2, 0.25) is 5.91 Å². The second-order valence-corrected chi connectivity index (χ2v) is 5.92. The Morgan fingerprint density at radius 2 is 2.24 bits per heavy atom. The van der Waals surface area contributed by atoms with Gasteiger partial charge in [-0.15, -0.1) is 0 Å². The first kappa shape index (κ1) is 15.8. The zero-order valence-corrected chi connectivity index (χ0v) is 13.0. The summed E-state index contributed by atoms with van der Waals surface area (Å²) in [5.74, 6) is 1.15. The van der Waals surface area contributed by atoms with Crippen molar-refractivity contribution in [3.63, 3.8) is 0 Å². The van der Waals surface area contributed by atoms with Crippen LogP contribution in [0.1, 0.15) is 38.2 Å². The van der Waals surface area contributed by atoms with Gasteiger partial charge in [-0.2, -0.15) is 0 Å². The number of hydrogen-bond donors (Lipinski definition) is 1. The van der Waals surface area contributed by atoms with Gasteiger partial charge in [-0.25, -0.2) is 0 Å². The van der Waals surface area contributed by atoms with E-state index < -0.39 is 0 Å². The van der Waals surface area contributed by atoms with Crippen LogP contribution in [0.4, 0.5) is 0 Å². The van der Waals surface area contributed by atoms with E-state index in [0.29, 0.717) is 12.5 Å². The molecule has 0 aromatic heterocycles. The molecule has 116 valence electrons. The molecule has 0 aliphatic carbocycles. The van der Waals surface area contributed by atoms with E-state index in [2.05, 4.69) is 6.07 Å². The van der Waals surface area contributed by atoms with Gasteiger partial charge in [0, 0.05) is 25.0 Å². The molecule has 1 aliphatic heterocycles. The van der Waals surface area contributed by atoms with Crippen LogP contribution in [0.25, 0.3) is 0 Å². The summed E-state index contributed by atoms with van der Waals surface area (Å²) < 4.78 is 5.41. The van der Waals surface area contributed by atoms with Crippen molar-refractivity contribution >= 4 is 5.91 Å². The molecule has 1 heterocycles. The molecule has 4 nitrogen and oxygen atoms in total. The summed E-state index contributed by atoms with van der Waals surface area (Å²) in [6.07, 6.45) is 4.34.